The number of carbonyl (C=O) groups excluding carboxylic acids is 1. The average Bonchev–Trinajstić information content (AvgIpc) is 3.12. The largest absolute Gasteiger partial charge is 0.316 e. The Labute approximate surface area is 133 Å². The number of amidine groups is 1. The van der Waals surface area contributed by atoms with Gasteiger partial charge in [-0.15, -0.1) is 0 Å². The van der Waals surface area contributed by atoms with Gasteiger partial charge in [-0.3, -0.25) is 9.80 Å². The summed E-state index contributed by atoms with van der Waals surface area (Å²) in [7, 11) is 0. The van der Waals surface area contributed by atoms with Gasteiger partial charge in [0.25, 0.3) is 0 Å². The van der Waals surface area contributed by atoms with Crippen molar-refractivity contribution in [1.29, 1.82) is 0 Å². The minimum absolute atomic E-state index is 0.0479. The molecule has 1 amide bonds. The van der Waals surface area contributed by atoms with Gasteiger partial charge in [0.05, 0.1) is 21.7 Å². The molecular weight excluding hydrogens is 311 g/mol. The summed E-state index contributed by atoms with van der Waals surface area (Å²) in [4.78, 5) is 12.1. The van der Waals surface area contributed by atoms with E-state index in [1.165, 1.54) is 0 Å². The van der Waals surface area contributed by atoms with E-state index in [4.69, 9.17) is 23.2 Å². The molecule has 2 aliphatic rings. The maximum absolute atomic E-state index is 12.1. The Balaban J connectivity index is 1.66. The van der Waals surface area contributed by atoms with Crippen LogP contribution in [0.3, 0.4) is 0 Å². The van der Waals surface area contributed by atoms with E-state index in [-0.39, 0.29) is 11.8 Å². The van der Waals surface area contributed by atoms with E-state index < -0.39 is 0 Å². The van der Waals surface area contributed by atoms with Crippen molar-refractivity contribution in [2.24, 2.45) is 11.0 Å². The molecular formula is C14H16Cl2N4O. The van der Waals surface area contributed by atoms with Crippen LogP contribution in [0.15, 0.2) is 23.3 Å². The molecule has 0 unspecified atom stereocenters. The van der Waals surface area contributed by atoms with E-state index in [2.05, 4.69) is 15.7 Å². The fourth-order valence-corrected chi connectivity index (χ4v) is 2.79. The first-order valence-electron chi connectivity index (χ1n) is 6.95. The van der Waals surface area contributed by atoms with E-state index in [1.807, 2.05) is 11.1 Å². The Morgan fingerprint density at radius 3 is 2.95 bits per heavy atom. The highest BCUT2D eigenvalue weighted by Gasteiger charge is 2.25. The lowest BCUT2D eigenvalue weighted by molar-refractivity contribution is -0.122. The molecule has 7 heteroatoms. The topological polar surface area (TPSA) is 56.7 Å². The summed E-state index contributed by atoms with van der Waals surface area (Å²) in [5.74, 6) is 0.805. The summed E-state index contributed by atoms with van der Waals surface area (Å²) < 4.78 is 0. The number of hydrogen-bond acceptors (Lipinski definition) is 4. The number of benzene rings is 1. The zero-order valence-electron chi connectivity index (χ0n) is 11.4. The van der Waals surface area contributed by atoms with Crippen molar-refractivity contribution in [3.8, 4) is 0 Å². The maximum Gasteiger partial charge on any atom is 0.229 e. The average molecular weight is 327 g/mol. The van der Waals surface area contributed by atoms with Crippen LogP contribution < -0.4 is 15.6 Å². The fraction of sp³-hybridized carbons (Fsp3) is 0.429. The van der Waals surface area contributed by atoms with Crippen molar-refractivity contribution in [3.05, 3.63) is 28.2 Å². The Bertz CT molecular complexity index is 584. The third-order valence-corrected chi connectivity index (χ3v) is 4.44. The van der Waals surface area contributed by atoms with Crippen molar-refractivity contribution in [3.63, 3.8) is 0 Å². The molecule has 1 aromatic rings. The summed E-state index contributed by atoms with van der Waals surface area (Å²) in [5, 5.41) is 13.4. The predicted molar refractivity (Wildman–Crippen MR) is 85.0 cm³/mol. The zero-order valence-corrected chi connectivity index (χ0v) is 12.9. The number of halogens is 2. The number of nitrogens with zero attached hydrogens (tertiary/aromatic N) is 2. The van der Waals surface area contributed by atoms with E-state index in [0.717, 1.165) is 31.7 Å². The van der Waals surface area contributed by atoms with Crippen molar-refractivity contribution in [2.75, 3.05) is 24.6 Å². The van der Waals surface area contributed by atoms with Gasteiger partial charge >= 0.3 is 0 Å². The quantitative estimate of drug-likeness (QED) is 0.876. The van der Waals surface area contributed by atoms with Crippen molar-refractivity contribution in [1.82, 2.24) is 10.6 Å². The van der Waals surface area contributed by atoms with Crippen LogP contribution in [-0.2, 0) is 4.79 Å². The number of hydrogen-bond donors (Lipinski definition) is 2. The van der Waals surface area contributed by atoms with Crippen LogP contribution in [0, 0.1) is 5.92 Å². The molecule has 21 heavy (non-hydrogen) atoms. The van der Waals surface area contributed by atoms with Crippen LogP contribution in [0.2, 0.25) is 10.0 Å². The minimum Gasteiger partial charge on any atom is -0.316 e. The standard InChI is InChI=1S/C14H16Cl2N4O/c15-11-2-1-10(7-12(11)16)20-6-4-13(19-20)18-14(21)9-3-5-17-8-9/h1-2,7,9,17H,3-6,8H2,(H,18,19,21)/t9-/m1/s1. The summed E-state index contributed by atoms with van der Waals surface area (Å²) in [6.07, 6.45) is 1.60. The summed E-state index contributed by atoms with van der Waals surface area (Å²) >= 11 is 11.9. The highest BCUT2D eigenvalue weighted by molar-refractivity contribution is 6.42. The van der Waals surface area contributed by atoms with Gasteiger partial charge in [-0.2, -0.15) is 5.10 Å². The second-order valence-electron chi connectivity index (χ2n) is 5.20. The van der Waals surface area contributed by atoms with Gasteiger partial charge in [-0.1, -0.05) is 23.2 Å². The lowest BCUT2D eigenvalue weighted by Gasteiger charge is -2.13. The normalized spacial score (nSPS) is 21.5. The molecule has 0 radical (unpaired) electrons. The number of hydrazone groups is 1. The monoisotopic (exact) mass is 326 g/mol. The molecule has 3 rings (SSSR count). The molecule has 1 atom stereocenters. The number of nitrogens with one attached hydrogen (secondary N) is 2. The van der Waals surface area contributed by atoms with Crippen LogP contribution in [0.25, 0.3) is 0 Å². The van der Waals surface area contributed by atoms with Gasteiger partial charge in [0.2, 0.25) is 5.91 Å². The van der Waals surface area contributed by atoms with E-state index in [0.29, 0.717) is 22.3 Å². The van der Waals surface area contributed by atoms with Crippen molar-refractivity contribution < 1.29 is 4.79 Å². The van der Waals surface area contributed by atoms with Gasteiger partial charge in [-0.05, 0) is 31.2 Å². The first-order valence-corrected chi connectivity index (χ1v) is 7.71. The molecule has 1 aromatic carbocycles. The van der Waals surface area contributed by atoms with Crippen molar-refractivity contribution >= 4 is 40.6 Å². The van der Waals surface area contributed by atoms with Gasteiger partial charge < -0.3 is 10.6 Å². The van der Waals surface area contributed by atoms with Crippen LogP contribution in [0.5, 0.6) is 0 Å². The molecule has 0 spiro atoms. The second kappa shape index (κ2) is 6.22. The third kappa shape index (κ3) is 3.31. The third-order valence-electron chi connectivity index (χ3n) is 3.70. The van der Waals surface area contributed by atoms with Gasteiger partial charge in [0.1, 0.15) is 5.84 Å². The van der Waals surface area contributed by atoms with Crippen LogP contribution >= 0.6 is 23.2 Å². The molecule has 0 aromatic heterocycles. The number of carbonyl (C=O) groups is 1. The molecule has 0 bridgehead atoms. The molecule has 0 saturated carbocycles. The highest BCUT2D eigenvalue weighted by Crippen LogP contribution is 2.28. The second-order valence-corrected chi connectivity index (χ2v) is 6.01. The minimum atomic E-state index is 0.0479. The van der Waals surface area contributed by atoms with Crippen LogP contribution in [0.1, 0.15) is 12.8 Å². The summed E-state index contributed by atoms with van der Waals surface area (Å²) in [5.41, 5.74) is 0.871. The van der Waals surface area contributed by atoms with Crippen molar-refractivity contribution in [2.45, 2.75) is 12.8 Å². The van der Waals surface area contributed by atoms with Gasteiger partial charge in [-0.25, -0.2) is 0 Å². The molecule has 2 N–H and O–H groups in total. The first-order chi connectivity index (χ1) is 10.1. The highest BCUT2D eigenvalue weighted by atomic mass is 35.5. The van der Waals surface area contributed by atoms with Crippen LogP contribution in [-0.4, -0.2) is 31.4 Å². The molecule has 5 nitrogen and oxygen atoms in total. The molecule has 112 valence electrons. The Hall–Kier alpha value is -1.30. The SMILES string of the molecule is O=C(NC1=NN(c2ccc(Cl)c(Cl)c2)CC1)[C@@H]1CCNC1. The molecule has 0 aliphatic carbocycles. The number of anilines is 1. The molecule has 1 saturated heterocycles. The van der Waals surface area contributed by atoms with Crippen LogP contribution in [0.4, 0.5) is 5.69 Å². The Morgan fingerprint density at radius 2 is 2.24 bits per heavy atom. The Morgan fingerprint density at radius 1 is 1.38 bits per heavy atom. The summed E-state index contributed by atoms with van der Waals surface area (Å²) in [6, 6.07) is 5.39. The van der Waals surface area contributed by atoms with Gasteiger partial charge in [0, 0.05) is 19.5 Å². The number of rotatable bonds is 2. The molecule has 2 aliphatic heterocycles. The Kier molecular flexibility index (Phi) is 4.33. The molecule has 1 fully saturated rings. The lowest BCUT2D eigenvalue weighted by atomic mass is 10.1. The van der Waals surface area contributed by atoms with E-state index in [9.17, 15) is 4.79 Å². The lowest BCUT2D eigenvalue weighted by Crippen LogP contribution is -2.35. The van der Waals surface area contributed by atoms with E-state index >= 15 is 0 Å². The number of amides is 1. The smallest absolute Gasteiger partial charge is 0.229 e. The van der Waals surface area contributed by atoms with Gasteiger partial charge in [0.15, 0.2) is 0 Å². The summed E-state index contributed by atoms with van der Waals surface area (Å²) in [6.45, 7) is 2.37. The predicted octanol–water partition coefficient (Wildman–Crippen LogP) is 2.24. The zero-order chi connectivity index (χ0) is 14.8. The van der Waals surface area contributed by atoms with E-state index in [1.54, 1.807) is 12.1 Å². The fourth-order valence-electron chi connectivity index (χ4n) is 2.50. The maximum atomic E-state index is 12.1. The first kappa shape index (κ1) is 14.6. The molecule has 2 heterocycles.